The Kier molecular flexibility index (Phi) is 4.44. The van der Waals surface area contributed by atoms with Gasteiger partial charge in [-0.05, 0) is 29.6 Å². The number of nitrogens with zero attached hydrogens (tertiary/aromatic N) is 1. The zero-order valence-electron chi connectivity index (χ0n) is 11.5. The van der Waals surface area contributed by atoms with Crippen LogP contribution in [-0.2, 0) is 4.79 Å². The van der Waals surface area contributed by atoms with Crippen molar-refractivity contribution in [3.63, 3.8) is 0 Å². The molecule has 114 valence electrons. The van der Waals surface area contributed by atoms with Crippen LogP contribution in [0.1, 0.15) is 9.67 Å². The first-order chi connectivity index (χ1) is 10.6. The van der Waals surface area contributed by atoms with E-state index >= 15 is 0 Å². The number of benzene rings is 1. The predicted molar refractivity (Wildman–Crippen MR) is 86.6 cm³/mol. The van der Waals surface area contributed by atoms with Gasteiger partial charge in [0, 0.05) is 11.4 Å². The third kappa shape index (κ3) is 3.15. The fourth-order valence-electron chi connectivity index (χ4n) is 2.19. The maximum atomic E-state index is 13.2. The fourth-order valence-corrected chi connectivity index (χ4v) is 4.03. The Balaban J connectivity index is 1.72. The number of hydrogen-bond acceptors (Lipinski definition) is 4. The van der Waals surface area contributed by atoms with E-state index in [1.54, 1.807) is 17.0 Å². The van der Waals surface area contributed by atoms with Crippen LogP contribution in [-0.4, -0.2) is 34.4 Å². The number of carbonyl (C=O) groups excluding carboxylic acids is 2. The average Bonchev–Trinajstić information content (AvgIpc) is 3.18. The van der Waals surface area contributed by atoms with Crippen molar-refractivity contribution >= 4 is 40.6 Å². The predicted octanol–water partition coefficient (Wildman–Crippen LogP) is 3.04. The number of hydrogen-bond donors (Lipinski definition) is 1. The summed E-state index contributed by atoms with van der Waals surface area (Å²) in [6.07, 6.45) is 0. The first-order valence-electron chi connectivity index (χ1n) is 6.64. The van der Waals surface area contributed by atoms with Crippen molar-refractivity contribution in [3.8, 4) is 0 Å². The van der Waals surface area contributed by atoms with Crippen LogP contribution in [0.3, 0.4) is 0 Å². The zero-order chi connectivity index (χ0) is 15.5. The smallest absolute Gasteiger partial charge is 0.265 e. The van der Waals surface area contributed by atoms with E-state index in [1.165, 1.54) is 41.3 Å². The summed E-state index contributed by atoms with van der Waals surface area (Å²) in [6, 6.07) is 8.74. The molecule has 1 aromatic heterocycles. The molecule has 0 radical (unpaired) electrons. The number of carbonyl (C=O) groups is 2. The molecule has 1 aliphatic rings. The van der Waals surface area contributed by atoms with Crippen LogP contribution in [0.15, 0.2) is 41.8 Å². The quantitative estimate of drug-likeness (QED) is 0.937. The Labute approximate surface area is 135 Å². The summed E-state index contributed by atoms with van der Waals surface area (Å²) in [5, 5.41) is 4.50. The lowest BCUT2D eigenvalue weighted by Gasteiger charge is -2.22. The van der Waals surface area contributed by atoms with Gasteiger partial charge >= 0.3 is 0 Å². The molecular weight excluding hydrogens is 323 g/mol. The number of rotatable bonds is 3. The molecule has 22 heavy (non-hydrogen) atoms. The van der Waals surface area contributed by atoms with E-state index in [4.69, 9.17) is 0 Å². The van der Waals surface area contributed by atoms with Crippen molar-refractivity contribution in [2.75, 3.05) is 16.9 Å². The third-order valence-corrected chi connectivity index (χ3v) is 5.14. The molecule has 2 amide bonds. The fraction of sp³-hybridized carbons (Fsp3) is 0.200. The van der Waals surface area contributed by atoms with Gasteiger partial charge in [-0.15, -0.1) is 23.1 Å². The van der Waals surface area contributed by atoms with Gasteiger partial charge in [-0.1, -0.05) is 12.1 Å². The number of anilines is 1. The number of thiophene rings is 1. The maximum absolute atomic E-state index is 13.2. The number of amides is 2. The number of thioether (sulfide) groups is 1. The van der Waals surface area contributed by atoms with Crippen molar-refractivity contribution in [3.05, 3.63) is 52.5 Å². The van der Waals surface area contributed by atoms with Gasteiger partial charge < -0.3 is 10.2 Å². The summed E-state index contributed by atoms with van der Waals surface area (Å²) >= 11 is 2.89. The van der Waals surface area contributed by atoms with Crippen molar-refractivity contribution in [2.45, 2.75) is 6.04 Å². The van der Waals surface area contributed by atoms with Gasteiger partial charge in [-0.2, -0.15) is 0 Å². The highest BCUT2D eigenvalue weighted by molar-refractivity contribution is 7.99. The minimum Gasteiger partial charge on any atom is -0.324 e. The standard InChI is InChI=1S/C15H13FN2O2S2/c16-10-3-1-4-11(7-10)17-14(19)12-8-21-9-18(12)15(20)13-5-2-6-22-13/h1-7,12H,8-9H2,(H,17,19)/t12-/m1/s1. The molecule has 3 rings (SSSR count). The van der Waals surface area contributed by atoms with Crippen LogP contribution in [0, 0.1) is 5.82 Å². The molecule has 2 aromatic rings. The molecule has 1 aromatic carbocycles. The minimum absolute atomic E-state index is 0.139. The molecule has 2 heterocycles. The summed E-state index contributed by atoms with van der Waals surface area (Å²) in [7, 11) is 0. The van der Waals surface area contributed by atoms with E-state index in [2.05, 4.69) is 5.32 Å². The molecule has 1 fully saturated rings. The van der Waals surface area contributed by atoms with E-state index in [1.807, 2.05) is 11.4 Å². The number of nitrogens with one attached hydrogen (secondary N) is 1. The first kappa shape index (κ1) is 15.1. The summed E-state index contributed by atoms with van der Waals surface area (Å²) in [5.74, 6) is 0.181. The highest BCUT2D eigenvalue weighted by Crippen LogP contribution is 2.25. The van der Waals surface area contributed by atoms with Gasteiger partial charge in [0.1, 0.15) is 11.9 Å². The van der Waals surface area contributed by atoms with E-state index < -0.39 is 11.9 Å². The Morgan fingerprint density at radius 1 is 1.27 bits per heavy atom. The Morgan fingerprint density at radius 2 is 2.14 bits per heavy atom. The SMILES string of the molecule is O=C(Nc1cccc(F)c1)[C@H]1CSCN1C(=O)c1cccs1. The topological polar surface area (TPSA) is 49.4 Å². The van der Waals surface area contributed by atoms with Crippen LogP contribution in [0.4, 0.5) is 10.1 Å². The minimum atomic E-state index is -0.539. The Bertz CT molecular complexity index is 691. The molecule has 0 unspecified atom stereocenters. The van der Waals surface area contributed by atoms with Gasteiger partial charge in [0.05, 0.1) is 10.8 Å². The zero-order valence-corrected chi connectivity index (χ0v) is 13.1. The Morgan fingerprint density at radius 3 is 2.86 bits per heavy atom. The largest absolute Gasteiger partial charge is 0.324 e. The van der Waals surface area contributed by atoms with Crippen molar-refractivity contribution < 1.29 is 14.0 Å². The van der Waals surface area contributed by atoms with Crippen LogP contribution < -0.4 is 5.32 Å². The normalized spacial score (nSPS) is 17.5. The number of halogens is 1. The summed E-state index contributed by atoms with van der Waals surface area (Å²) in [6.45, 7) is 0. The molecule has 1 saturated heterocycles. The van der Waals surface area contributed by atoms with Crippen molar-refractivity contribution in [1.29, 1.82) is 0 Å². The third-order valence-electron chi connectivity index (χ3n) is 3.27. The van der Waals surface area contributed by atoms with Crippen LogP contribution in [0.2, 0.25) is 0 Å². The monoisotopic (exact) mass is 336 g/mol. The van der Waals surface area contributed by atoms with Gasteiger partial charge in [0.25, 0.3) is 5.91 Å². The Hall–Kier alpha value is -1.86. The molecular formula is C15H13FN2O2S2. The van der Waals surface area contributed by atoms with E-state index in [0.717, 1.165) is 0 Å². The molecule has 0 saturated carbocycles. The van der Waals surface area contributed by atoms with Crippen molar-refractivity contribution in [2.24, 2.45) is 0 Å². The lowest BCUT2D eigenvalue weighted by molar-refractivity contribution is -0.119. The van der Waals surface area contributed by atoms with Gasteiger partial charge in [-0.25, -0.2) is 4.39 Å². The molecule has 0 bridgehead atoms. The lowest BCUT2D eigenvalue weighted by Crippen LogP contribution is -2.44. The highest BCUT2D eigenvalue weighted by Gasteiger charge is 2.35. The van der Waals surface area contributed by atoms with Crippen LogP contribution >= 0.6 is 23.1 Å². The lowest BCUT2D eigenvalue weighted by atomic mass is 10.2. The second-order valence-corrected chi connectivity index (χ2v) is 6.72. The van der Waals surface area contributed by atoms with Gasteiger partial charge in [0.2, 0.25) is 5.91 Å². The molecule has 0 aliphatic carbocycles. The molecule has 4 nitrogen and oxygen atoms in total. The van der Waals surface area contributed by atoms with E-state index in [0.29, 0.717) is 22.2 Å². The maximum Gasteiger partial charge on any atom is 0.265 e. The van der Waals surface area contributed by atoms with Crippen molar-refractivity contribution in [1.82, 2.24) is 4.90 Å². The van der Waals surface area contributed by atoms with Gasteiger partial charge in [-0.3, -0.25) is 9.59 Å². The summed E-state index contributed by atoms with van der Waals surface area (Å²) < 4.78 is 13.2. The van der Waals surface area contributed by atoms with Gasteiger partial charge in [0.15, 0.2) is 0 Å². The van der Waals surface area contributed by atoms with Crippen LogP contribution in [0.25, 0.3) is 0 Å². The van der Waals surface area contributed by atoms with E-state index in [-0.39, 0.29) is 11.8 Å². The second kappa shape index (κ2) is 6.50. The highest BCUT2D eigenvalue weighted by atomic mass is 32.2. The molecule has 1 N–H and O–H groups in total. The average molecular weight is 336 g/mol. The summed E-state index contributed by atoms with van der Waals surface area (Å²) in [4.78, 5) is 27.0. The molecule has 1 aliphatic heterocycles. The van der Waals surface area contributed by atoms with E-state index in [9.17, 15) is 14.0 Å². The first-order valence-corrected chi connectivity index (χ1v) is 8.67. The van der Waals surface area contributed by atoms with Crippen LogP contribution in [0.5, 0.6) is 0 Å². The second-order valence-electron chi connectivity index (χ2n) is 4.77. The molecule has 7 heteroatoms. The molecule has 1 atom stereocenters. The summed E-state index contributed by atoms with van der Waals surface area (Å²) in [5.41, 5.74) is 0.394. The molecule has 0 spiro atoms.